The fourth-order valence-electron chi connectivity index (χ4n) is 0.986. The lowest BCUT2D eigenvalue weighted by Crippen LogP contribution is -2.21. The molecule has 0 fully saturated rings. The third-order valence-corrected chi connectivity index (χ3v) is 2.79. The molecule has 1 aromatic heterocycles. The summed E-state index contributed by atoms with van der Waals surface area (Å²) in [6.07, 6.45) is 1.33. The van der Waals surface area contributed by atoms with Crippen LogP contribution in [0.4, 0.5) is 0 Å². The van der Waals surface area contributed by atoms with Crippen molar-refractivity contribution in [3.8, 4) is 0 Å². The summed E-state index contributed by atoms with van der Waals surface area (Å²) in [7, 11) is 3.50. The Morgan fingerprint density at radius 2 is 2.25 bits per heavy atom. The maximum atomic E-state index is 11.3. The fourth-order valence-corrected chi connectivity index (χ4v) is 1.70. The van der Waals surface area contributed by atoms with Crippen LogP contribution in [0.1, 0.15) is 18.7 Å². The Morgan fingerprint density at radius 1 is 1.50 bits per heavy atom. The van der Waals surface area contributed by atoms with E-state index in [1.165, 1.54) is 11.8 Å². The van der Waals surface area contributed by atoms with Crippen molar-refractivity contribution >= 4 is 17.7 Å². The maximum Gasteiger partial charge on any atom is 0.276 e. The van der Waals surface area contributed by atoms with Gasteiger partial charge in [-0.15, -0.1) is 10.2 Å². The Kier molecular flexibility index (Phi) is 5.27. The Balaban J connectivity index is 2.18. The predicted molar refractivity (Wildman–Crippen MR) is 60.8 cm³/mol. The standard InChI is InChI=1S/C9H16N4O2S/c1-13(2)8(14)4-3-5-16-9-12-11-7(6-10)15-9/h3-6,10H2,1-2H3. The van der Waals surface area contributed by atoms with Crippen LogP contribution in [-0.2, 0) is 11.3 Å². The molecule has 1 amide bonds. The van der Waals surface area contributed by atoms with Gasteiger partial charge in [-0.2, -0.15) is 0 Å². The molecule has 0 aliphatic carbocycles. The lowest BCUT2D eigenvalue weighted by molar-refractivity contribution is -0.128. The van der Waals surface area contributed by atoms with Crippen molar-refractivity contribution in [3.05, 3.63) is 5.89 Å². The van der Waals surface area contributed by atoms with Gasteiger partial charge in [-0.25, -0.2) is 0 Å². The van der Waals surface area contributed by atoms with Crippen LogP contribution in [0.2, 0.25) is 0 Å². The van der Waals surface area contributed by atoms with Crippen LogP contribution in [-0.4, -0.2) is 40.9 Å². The van der Waals surface area contributed by atoms with Gasteiger partial charge in [-0.05, 0) is 6.42 Å². The molecule has 0 spiro atoms. The van der Waals surface area contributed by atoms with E-state index in [9.17, 15) is 4.79 Å². The number of rotatable bonds is 6. The highest BCUT2D eigenvalue weighted by molar-refractivity contribution is 7.99. The normalized spacial score (nSPS) is 10.4. The highest BCUT2D eigenvalue weighted by atomic mass is 32.2. The van der Waals surface area contributed by atoms with E-state index in [2.05, 4.69) is 10.2 Å². The molecule has 1 rings (SSSR count). The summed E-state index contributed by atoms with van der Waals surface area (Å²) in [5.41, 5.74) is 5.34. The number of thioether (sulfide) groups is 1. The van der Waals surface area contributed by atoms with Gasteiger partial charge in [-0.1, -0.05) is 11.8 Å². The second-order valence-electron chi connectivity index (χ2n) is 3.41. The molecular formula is C9H16N4O2S. The molecule has 0 aromatic carbocycles. The molecule has 0 saturated heterocycles. The second-order valence-corrected chi connectivity index (χ2v) is 4.45. The number of carbonyl (C=O) groups is 1. The van der Waals surface area contributed by atoms with Gasteiger partial charge in [0.1, 0.15) is 0 Å². The average molecular weight is 244 g/mol. The predicted octanol–water partition coefficient (Wildman–Crippen LogP) is 0.489. The van der Waals surface area contributed by atoms with Gasteiger partial charge in [0.25, 0.3) is 5.22 Å². The SMILES string of the molecule is CN(C)C(=O)CCCSc1nnc(CN)o1. The van der Waals surface area contributed by atoms with Gasteiger partial charge in [0.2, 0.25) is 11.8 Å². The number of nitrogens with zero attached hydrogens (tertiary/aromatic N) is 3. The van der Waals surface area contributed by atoms with Crippen molar-refractivity contribution < 1.29 is 9.21 Å². The van der Waals surface area contributed by atoms with Crippen molar-refractivity contribution in [1.29, 1.82) is 0 Å². The van der Waals surface area contributed by atoms with E-state index in [4.69, 9.17) is 10.2 Å². The third kappa shape index (κ3) is 4.19. The number of hydrogen-bond donors (Lipinski definition) is 1. The van der Waals surface area contributed by atoms with Gasteiger partial charge < -0.3 is 15.1 Å². The minimum Gasteiger partial charge on any atom is -0.415 e. The molecule has 1 aromatic rings. The third-order valence-electron chi connectivity index (χ3n) is 1.88. The molecule has 0 aliphatic heterocycles. The van der Waals surface area contributed by atoms with Crippen molar-refractivity contribution in [1.82, 2.24) is 15.1 Å². The first-order chi connectivity index (χ1) is 7.63. The second kappa shape index (κ2) is 6.49. The lowest BCUT2D eigenvalue weighted by Gasteiger charge is -2.08. The van der Waals surface area contributed by atoms with E-state index < -0.39 is 0 Å². The van der Waals surface area contributed by atoms with Crippen LogP contribution >= 0.6 is 11.8 Å². The summed E-state index contributed by atoms with van der Waals surface area (Å²) in [6, 6.07) is 0. The monoisotopic (exact) mass is 244 g/mol. The summed E-state index contributed by atoms with van der Waals surface area (Å²) in [4.78, 5) is 12.8. The Morgan fingerprint density at radius 3 is 2.81 bits per heavy atom. The molecule has 2 N–H and O–H groups in total. The molecule has 0 radical (unpaired) electrons. The summed E-state index contributed by atoms with van der Waals surface area (Å²) in [6.45, 7) is 0.257. The molecule has 0 unspecified atom stereocenters. The molecular weight excluding hydrogens is 228 g/mol. The van der Waals surface area contributed by atoms with Crippen LogP contribution < -0.4 is 5.73 Å². The van der Waals surface area contributed by atoms with Crippen LogP contribution in [0, 0.1) is 0 Å². The zero-order valence-electron chi connectivity index (χ0n) is 9.47. The van der Waals surface area contributed by atoms with E-state index in [0.29, 0.717) is 17.5 Å². The first kappa shape index (κ1) is 13.0. The minimum atomic E-state index is 0.133. The van der Waals surface area contributed by atoms with Crippen LogP contribution in [0.15, 0.2) is 9.64 Å². The van der Waals surface area contributed by atoms with Crippen molar-refractivity contribution in [2.75, 3.05) is 19.8 Å². The largest absolute Gasteiger partial charge is 0.415 e. The highest BCUT2D eigenvalue weighted by Crippen LogP contribution is 2.17. The average Bonchev–Trinajstić information content (AvgIpc) is 2.71. The molecule has 7 heteroatoms. The molecule has 16 heavy (non-hydrogen) atoms. The van der Waals surface area contributed by atoms with E-state index in [1.54, 1.807) is 19.0 Å². The number of hydrogen-bond acceptors (Lipinski definition) is 6. The highest BCUT2D eigenvalue weighted by Gasteiger charge is 2.06. The number of carbonyl (C=O) groups excluding carboxylic acids is 1. The van der Waals surface area contributed by atoms with E-state index in [0.717, 1.165) is 12.2 Å². The van der Waals surface area contributed by atoms with Crippen molar-refractivity contribution in [2.45, 2.75) is 24.6 Å². The maximum absolute atomic E-state index is 11.3. The molecule has 6 nitrogen and oxygen atoms in total. The molecule has 1 heterocycles. The first-order valence-electron chi connectivity index (χ1n) is 4.99. The zero-order chi connectivity index (χ0) is 12.0. The topological polar surface area (TPSA) is 85.2 Å². The first-order valence-corrected chi connectivity index (χ1v) is 5.97. The van der Waals surface area contributed by atoms with Crippen molar-refractivity contribution in [3.63, 3.8) is 0 Å². The number of amides is 1. The number of aromatic nitrogens is 2. The lowest BCUT2D eigenvalue weighted by atomic mass is 10.3. The van der Waals surface area contributed by atoms with Gasteiger partial charge in [0.15, 0.2) is 0 Å². The summed E-state index contributed by atoms with van der Waals surface area (Å²) >= 11 is 1.44. The Labute approximate surface area is 98.6 Å². The Bertz CT molecular complexity index is 340. The molecule has 0 saturated carbocycles. The zero-order valence-corrected chi connectivity index (χ0v) is 10.3. The summed E-state index contributed by atoms with van der Waals surface area (Å²) < 4.78 is 5.21. The molecule has 0 aliphatic rings. The van der Waals surface area contributed by atoms with Crippen LogP contribution in [0.3, 0.4) is 0 Å². The van der Waals surface area contributed by atoms with E-state index in [-0.39, 0.29) is 12.5 Å². The smallest absolute Gasteiger partial charge is 0.276 e. The molecule has 0 bridgehead atoms. The molecule has 90 valence electrons. The summed E-state index contributed by atoms with van der Waals surface area (Å²) in [5.74, 6) is 1.35. The van der Waals surface area contributed by atoms with Gasteiger partial charge >= 0.3 is 0 Å². The molecule has 0 atom stereocenters. The van der Waals surface area contributed by atoms with Gasteiger partial charge in [0.05, 0.1) is 6.54 Å². The number of nitrogens with two attached hydrogens (primary N) is 1. The van der Waals surface area contributed by atoms with Gasteiger partial charge in [-0.3, -0.25) is 4.79 Å². The summed E-state index contributed by atoms with van der Waals surface area (Å²) in [5, 5.41) is 8.06. The van der Waals surface area contributed by atoms with E-state index in [1.807, 2.05) is 0 Å². The quantitative estimate of drug-likeness (QED) is 0.579. The van der Waals surface area contributed by atoms with Crippen LogP contribution in [0.25, 0.3) is 0 Å². The minimum absolute atomic E-state index is 0.133. The fraction of sp³-hybridized carbons (Fsp3) is 0.667. The van der Waals surface area contributed by atoms with Gasteiger partial charge in [0, 0.05) is 26.3 Å². The van der Waals surface area contributed by atoms with Crippen molar-refractivity contribution in [2.24, 2.45) is 5.73 Å². The Hall–Kier alpha value is -1.08. The van der Waals surface area contributed by atoms with E-state index >= 15 is 0 Å². The van der Waals surface area contributed by atoms with Crippen LogP contribution in [0.5, 0.6) is 0 Å².